The van der Waals surface area contributed by atoms with Gasteiger partial charge in [0, 0.05) is 5.75 Å². The highest BCUT2D eigenvalue weighted by molar-refractivity contribution is 9.11. The number of hydrogen-bond acceptors (Lipinski definition) is 4. The molecule has 0 amide bonds. The highest BCUT2D eigenvalue weighted by Crippen LogP contribution is 2.50. The van der Waals surface area contributed by atoms with Crippen molar-refractivity contribution >= 4 is 48.7 Å². The molecule has 0 N–H and O–H groups in total. The van der Waals surface area contributed by atoms with Crippen LogP contribution < -0.4 is 9.47 Å². The minimum Gasteiger partial charge on any atom is -0.495 e. The van der Waals surface area contributed by atoms with Crippen LogP contribution in [-0.2, 0) is 5.75 Å². The van der Waals surface area contributed by atoms with Crippen LogP contribution in [0.1, 0.15) is 15.9 Å². The summed E-state index contributed by atoms with van der Waals surface area (Å²) < 4.78 is 12.0. The zero-order valence-corrected chi connectivity index (χ0v) is 12.6. The van der Waals surface area contributed by atoms with Crippen LogP contribution in [0.25, 0.3) is 0 Å². The number of rotatable bonds is 2. The van der Waals surface area contributed by atoms with Gasteiger partial charge >= 0.3 is 0 Å². The van der Waals surface area contributed by atoms with Crippen molar-refractivity contribution in [3.05, 3.63) is 20.1 Å². The van der Waals surface area contributed by atoms with Crippen LogP contribution in [0.4, 0.5) is 0 Å². The zero-order chi connectivity index (χ0) is 11.9. The SMILES string of the molecule is COc1c(Br)c2c(c(OC)c1Br)C(=O)SC2. The fourth-order valence-corrected chi connectivity index (χ4v) is 4.42. The average molecular weight is 368 g/mol. The number of carbonyl (C=O) groups excluding carboxylic acids is 1. The van der Waals surface area contributed by atoms with E-state index in [4.69, 9.17) is 9.47 Å². The molecule has 0 fully saturated rings. The molecule has 1 heterocycles. The Bertz CT molecular complexity index is 474. The first-order chi connectivity index (χ1) is 7.61. The average Bonchev–Trinajstić information content (AvgIpc) is 2.63. The molecule has 0 aromatic heterocycles. The molecule has 3 nitrogen and oxygen atoms in total. The molecule has 16 heavy (non-hydrogen) atoms. The lowest BCUT2D eigenvalue weighted by Gasteiger charge is -2.14. The van der Waals surface area contributed by atoms with Crippen molar-refractivity contribution in [1.82, 2.24) is 0 Å². The number of benzene rings is 1. The summed E-state index contributed by atoms with van der Waals surface area (Å²) in [5.74, 6) is 1.85. The summed E-state index contributed by atoms with van der Waals surface area (Å²) in [4.78, 5) is 11.7. The van der Waals surface area contributed by atoms with Gasteiger partial charge in [0.15, 0.2) is 5.75 Å². The van der Waals surface area contributed by atoms with E-state index in [1.54, 1.807) is 14.2 Å². The minimum atomic E-state index is 0.0379. The van der Waals surface area contributed by atoms with Crippen molar-refractivity contribution in [2.45, 2.75) is 5.75 Å². The van der Waals surface area contributed by atoms with E-state index in [-0.39, 0.29) is 5.12 Å². The molecule has 0 aliphatic carbocycles. The molecule has 86 valence electrons. The van der Waals surface area contributed by atoms with E-state index < -0.39 is 0 Å². The molecule has 1 aliphatic heterocycles. The van der Waals surface area contributed by atoms with Gasteiger partial charge in [-0.2, -0.15) is 0 Å². The Balaban J connectivity index is 2.80. The first kappa shape index (κ1) is 12.3. The maximum atomic E-state index is 11.7. The van der Waals surface area contributed by atoms with Gasteiger partial charge in [-0.05, 0) is 37.4 Å². The van der Waals surface area contributed by atoms with Gasteiger partial charge in [-0.1, -0.05) is 11.8 Å². The summed E-state index contributed by atoms with van der Waals surface area (Å²) in [6.45, 7) is 0. The molecule has 1 aromatic rings. The van der Waals surface area contributed by atoms with E-state index in [0.717, 1.165) is 10.0 Å². The van der Waals surface area contributed by atoms with Gasteiger partial charge in [0.05, 0.1) is 24.3 Å². The maximum absolute atomic E-state index is 11.7. The number of carbonyl (C=O) groups is 1. The smallest absolute Gasteiger partial charge is 0.223 e. The number of fused-ring (bicyclic) bond motifs is 1. The van der Waals surface area contributed by atoms with Gasteiger partial charge in [-0.25, -0.2) is 0 Å². The minimum absolute atomic E-state index is 0.0379. The predicted molar refractivity (Wildman–Crippen MR) is 70.6 cm³/mol. The van der Waals surface area contributed by atoms with Gasteiger partial charge in [0.2, 0.25) is 5.12 Å². The second-order valence-electron chi connectivity index (χ2n) is 3.12. The molecule has 1 aromatic carbocycles. The van der Waals surface area contributed by atoms with E-state index in [2.05, 4.69) is 31.9 Å². The normalized spacial score (nSPS) is 13.9. The third-order valence-electron chi connectivity index (χ3n) is 2.35. The van der Waals surface area contributed by atoms with Gasteiger partial charge in [-0.15, -0.1) is 0 Å². The molecule has 6 heteroatoms. The summed E-state index contributed by atoms with van der Waals surface area (Å²) in [6.07, 6.45) is 0. The summed E-state index contributed by atoms with van der Waals surface area (Å²) >= 11 is 8.12. The van der Waals surface area contributed by atoms with Crippen molar-refractivity contribution in [3.8, 4) is 11.5 Å². The molecule has 1 aliphatic rings. The highest BCUT2D eigenvalue weighted by Gasteiger charge is 2.31. The quantitative estimate of drug-likeness (QED) is 0.799. The number of hydrogen-bond donors (Lipinski definition) is 0. The number of ether oxygens (including phenoxy) is 2. The number of halogens is 2. The number of thioether (sulfide) groups is 1. The molecule has 2 rings (SSSR count). The Morgan fingerprint density at radius 2 is 1.75 bits per heavy atom. The molecular weight excluding hydrogens is 360 g/mol. The van der Waals surface area contributed by atoms with Crippen molar-refractivity contribution in [1.29, 1.82) is 0 Å². The monoisotopic (exact) mass is 366 g/mol. The van der Waals surface area contributed by atoms with Gasteiger partial charge in [0.25, 0.3) is 0 Å². The fraction of sp³-hybridized carbons (Fsp3) is 0.300. The van der Waals surface area contributed by atoms with Crippen LogP contribution in [0.15, 0.2) is 8.95 Å². The van der Waals surface area contributed by atoms with E-state index >= 15 is 0 Å². The molecule has 0 bridgehead atoms. The van der Waals surface area contributed by atoms with E-state index in [0.29, 0.717) is 27.3 Å². The lowest BCUT2D eigenvalue weighted by Crippen LogP contribution is -2.00. The first-order valence-electron chi connectivity index (χ1n) is 4.40. The molecular formula is C10H8Br2O3S. The molecule has 0 spiro atoms. The maximum Gasteiger partial charge on any atom is 0.223 e. The van der Waals surface area contributed by atoms with Crippen molar-refractivity contribution in [2.24, 2.45) is 0 Å². The summed E-state index contributed by atoms with van der Waals surface area (Å²) in [6, 6.07) is 0. The Morgan fingerprint density at radius 1 is 1.12 bits per heavy atom. The molecule has 0 atom stereocenters. The third-order valence-corrected chi connectivity index (χ3v) is 4.81. The Hall–Kier alpha value is -0.200. The third kappa shape index (κ3) is 1.67. The Labute approximate surface area is 114 Å². The van der Waals surface area contributed by atoms with Gasteiger partial charge < -0.3 is 9.47 Å². The van der Waals surface area contributed by atoms with Crippen LogP contribution in [0, 0.1) is 0 Å². The second kappa shape index (κ2) is 4.58. The molecule has 0 unspecified atom stereocenters. The molecule has 0 radical (unpaired) electrons. The standard InChI is InChI=1S/C10H8Br2O3S/c1-14-8-5-4(3-16-10(5)13)6(11)9(15-2)7(8)12/h3H2,1-2H3. The highest BCUT2D eigenvalue weighted by atomic mass is 79.9. The second-order valence-corrected chi connectivity index (χ2v) is 5.66. The first-order valence-corrected chi connectivity index (χ1v) is 6.97. The van der Waals surface area contributed by atoms with E-state index in [1.807, 2.05) is 0 Å². The van der Waals surface area contributed by atoms with Crippen LogP contribution in [-0.4, -0.2) is 19.3 Å². The van der Waals surface area contributed by atoms with E-state index in [9.17, 15) is 4.79 Å². The Kier molecular flexibility index (Phi) is 3.51. The van der Waals surface area contributed by atoms with Gasteiger partial charge in [-0.3, -0.25) is 4.79 Å². The van der Waals surface area contributed by atoms with Crippen LogP contribution in [0.2, 0.25) is 0 Å². The molecule has 0 saturated heterocycles. The van der Waals surface area contributed by atoms with Crippen LogP contribution >= 0.6 is 43.6 Å². The van der Waals surface area contributed by atoms with Gasteiger partial charge in [0.1, 0.15) is 10.2 Å². The van der Waals surface area contributed by atoms with E-state index in [1.165, 1.54) is 11.8 Å². The topological polar surface area (TPSA) is 35.5 Å². The Morgan fingerprint density at radius 3 is 2.31 bits per heavy atom. The summed E-state index contributed by atoms with van der Waals surface area (Å²) in [5, 5.41) is 0.0379. The van der Waals surface area contributed by atoms with Crippen LogP contribution in [0.5, 0.6) is 11.5 Å². The lowest BCUT2D eigenvalue weighted by molar-refractivity contribution is 0.108. The lowest BCUT2D eigenvalue weighted by atomic mass is 10.1. The summed E-state index contributed by atoms with van der Waals surface area (Å²) in [5.41, 5.74) is 1.57. The van der Waals surface area contributed by atoms with Crippen LogP contribution in [0.3, 0.4) is 0 Å². The fourth-order valence-electron chi connectivity index (χ4n) is 1.63. The predicted octanol–water partition coefficient (Wildman–Crippen LogP) is 3.62. The zero-order valence-electron chi connectivity index (χ0n) is 8.60. The largest absolute Gasteiger partial charge is 0.495 e. The van der Waals surface area contributed by atoms with Crippen molar-refractivity contribution < 1.29 is 14.3 Å². The number of methoxy groups -OCH3 is 2. The molecule has 0 saturated carbocycles. The summed E-state index contributed by atoms with van der Waals surface area (Å²) in [7, 11) is 3.13. The van der Waals surface area contributed by atoms with Crippen molar-refractivity contribution in [2.75, 3.05) is 14.2 Å². The van der Waals surface area contributed by atoms with Crippen molar-refractivity contribution in [3.63, 3.8) is 0 Å².